The molecular weight excluding hydrogens is 320 g/mol. The van der Waals surface area contributed by atoms with E-state index in [1.807, 2.05) is 6.92 Å². The van der Waals surface area contributed by atoms with Gasteiger partial charge in [-0.15, -0.1) is 0 Å². The molecule has 1 aliphatic carbocycles. The monoisotopic (exact) mass is 341 g/mol. The normalized spacial score (nSPS) is 22.5. The van der Waals surface area contributed by atoms with E-state index in [-0.39, 0.29) is 13.0 Å². The minimum atomic E-state index is -3.01. The van der Waals surface area contributed by atoms with Gasteiger partial charge >= 0.3 is 5.97 Å². The lowest BCUT2D eigenvalue weighted by Gasteiger charge is -2.16. The van der Waals surface area contributed by atoms with E-state index in [0.717, 1.165) is 5.56 Å². The van der Waals surface area contributed by atoms with E-state index >= 15 is 0 Å². The predicted molar refractivity (Wildman–Crippen MR) is 83.1 cm³/mol. The van der Waals surface area contributed by atoms with Gasteiger partial charge in [0.05, 0.1) is 12.5 Å². The highest BCUT2D eigenvalue weighted by Gasteiger charge is 2.72. The van der Waals surface area contributed by atoms with Gasteiger partial charge in [-0.2, -0.15) is 0 Å². The minimum Gasteiger partial charge on any atom is -0.494 e. The fraction of sp³-hybridized carbons (Fsp3) is 0.529. The highest BCUT2D eigenvalue weighted by Crippen LogP contribution is 2.60. The first-order valence-corrected chi connectivity index (χ1v) is 7.80. The summed E-state index contributed by atoms with van der Waals surface area (Å²) in [7, 11) is 0. The second-order valence-corrected chi connectivity index (χ2v) is 6.24. The lowest BCUT2D eigenvalue weighted by molar-refractivity contribution is -0.141. The van der Waals surface area contributed by atoms with Crippen molar-refractivity contribution in [3.8, 4) is 5.75 Å². The third-order valence-corrected chi connectivity index (χ3v) is 4.33. The van der Waals surface area contributed by atoms with E-state index in [9.17, 15) is 23.5 Å². The summed E-state index contributed by atoms with van der Waals surface area (Å²) in [5.74, 6) is -5.10. The van der Waals surface area contributed by atoms with E-state index < -0.39 is 35.6 Å². The average molecular weight is 341 g/mol. The van der Waals surface area contributed by atoms with Crippen LogP contribution in [0.4, 0.5) is 8.78 Å². The molecule has 1 aromatic carbocycles. The zero-order chi connectivity index (χ0) is 18.0. The molecule has 1 aliphatic rings. The van der Waals surface area contributed by atoms with Crippen molar-refractivity contribution in [2.45, 2.75) is 32.6 Å². The molecule has 0 aliphatic heterocycles. The topological polar surface area (TPSA) is 75.6 Å². The lowest BCUT2D eigenvalue weighted by Crippen LogP contribution is -2.39. The van der Waals surface area contributed by atoms with Crippen molar-refractivity contribution in [1.29, 1.82) is 0 Å². The fourth-order valence-corrected chi connectivity index (χ4v) is 2.48. The SMILES string of the molecule is CCOc1ccc(CC(CNC(=O)C2(C)CC2(F)F)C(=O)O)cc1. The van der Waals surface area contributed by atoms with Crippen molar-refractivity contribution in [2.75, 3.05) is 13.2 Å². The van der Waals surface area contributed by atoms with Crippen molar-refractivity contribution in [2.24, 2.45) is 11.3 Å². The minimum absolute atomic E-state index is 0.187. The highest BCUT2D eigenvalue weighted by molar-refractivity contribution is 5.87. The molecule has 1 amide bonds. The van der Waals surface area contributed by atoms with Crippen LogP contribution in [0.25, 0.3) is 0 Å². The zero-order valence-corrected chi connectivity index (χ0v) is 13.6. The first-order valence-electron chi connectivity index (χ1n) is 7.80. The zero-order valence-electron chi connectivity index (χ0n) is 13.6. The number of rotatable bonds is 8. The molecule has 2 atom stereocenters. The summed E-state index contributed by atoms with van der Waals surface area (Å²) < 4.78 is 31.7. The molecule has 0 aromatic heterocycles. The van der Waals surface area contributed by atoms with Crippen molar-refractivity contribution < 1.29 is 28.2 Å². The largest absolute Gasteiger partial charge is 0.494 e. The number of halogens is 2. The molecule has 7 heteroatoms. The molecule has 2 unspecified atom stereocenters. The number of hydrogen-bond donors (Lipinski definition) is 2. The maximum atomic E-state index is 13.2. The van der Waals surface area contributed by atoms with Crippen LogP contribution in [0.2, 0.25) is 0 Å². The Morgan fingerprint density at radius 1 is 1.33 bits per heavy atom. The van der Waals surface area contributed by atoms with Crippen molar-refractivity contribution in [3.05, 3.63) is 29.8 Å². The van der Waals surface area contributed by atoms with Gasteiger partial charge in [-0.05, 0) is 38.0 Å². The molecule has 2 N–H and O–H groups in total. The van der Waals surface area contributed by atoms with Crippen molar-refractivity contribution in [1.82, 2.24) is 5.32 Å². The second kappa shape index (κ2) is 6.75. The van der Waals surface area contributed by atoms with Gasteiger partial charge in [0.15, 0.2) is 0 Å². The number of carbonyl (C=O) groups is 2. The molecule has 0 heterocycles. The number of hydrogen-bond acceptors (Lipinski definition) is 3. The number of carboxylic acids is 1. The summed E-state index contributed by atoms with van der Waals surface area (Å²) in [5, 5.41) is 11.6. The van der Waals surface area contributed by atoms with Gasteiger partial charge in [0.25, 0.3) is 5.92 Å². The van der Waals surface area contributed by atoms with Gasteiger partial charge in [-0.3, -0.25) is 9.59 Å². The molecule has 1 saturated carbocycles. The predicted octanol–water partition coefficient (Wildman–Crippen LogP) is 2.49. The number of carboxylic acid groups (broad SMARTS) is 1. The first kappa shape index (κ1) is 18.2. The van der Waals surface area contributed by atoms with Gasteiger partial charge in [0.2, 0.25) is 5.91 Å². The van der Waals surface area contributed by atoms with Crippen LogP contribution in [-0.4, -0.2) is 36.1 Å². The highest BCUT2D eigenvalue weighted by atomic mass is 19.3. The van der Waals surface area contributed by atoms with Gasteiger partial charge in [0, 0.05) is 13.0 Å². The Morgan fingerprint density at radius 2 is 1.92 bits per heavy atom. The van der Waals surface area contributed by atoms with E-state index in [0.29, 0.717) is 12.4 Å². The Kier molecular flexibility index (Phi) is 5.11. The smallest absolute Gasteiger partial charge is 0.308 e. The second-order valence-electron chi connectivity index (χ2n) is 6.24. The van der Waals surface area contributed by atoms with Gasteiger partial charge in [-0.25, -0.2) is 8.78 Å². The first-order chi connectivity index (χ1) is 11.2. The number of benzene rings is 1. The summed E-state index contributed by atoms with van der Waals surface area (Å²) in [4.78, 5) is 23.2. The molecule has 0 saturated heterocycles. The Bertz CT molecular complexity index is 618. The van der Waals surface area contributed by atoms with Crippen LogP contribution in [0, 0.1) is 11.3 Å². The van der Waals surface area contributed by atoms with Crippen LogP contribution < -0.4 is 10.1 Å². The fourth-order valence-electron chi connectivity index (χ4n) is 2.48. The molecule has 1 fully saturated rings. The quantitative estimate of drug-likeness (QED) is 0.762. The maximum Gasteiger partial charge on any atom is 0.308 e. The number of aliphatic carboxylic acids is 1. The molecule has 0 radical (unpaired) electrons. The molecule has 1 aromatic rings. The summed E-state index contributed by atoms with van der Waals surface area (Å²) in [6.07, 6.45) is -0.308. The molecule has 0 bridgehead atoms. The summed E-state index contributed by atoms with van der Waals surface area (Å²) in [6, 6.07) is 6.97. The Labute approximate surface area is 139 Å². The third kappa shape index (κ3) is 3.83. The Balaban J connectivity index is 1.93. The van der Waals surface area contributed by atoms with Crippen LogP contribution in [0.15, 0.2) is 24.3 Å². The summed E-state index contributed by atoms with van der Waals surface area (Å²) in [5.41, 5.74) is -0.946. The summed E-state index contributed by atoms with van der Waals surface area (Å²) in [6.45, 7) is 3.39. The van der Waals surface area contributed by atoms with Crippen LogP contribution >= 0.6 is 0 Å². The molecular formula is C17H21F2NO4. The molecule has 2 rings (SSSR count). The van der Waals surface area contributed by atoms with E-state index in [1.165, 1.54) is 6.92 Å². The molecule has 0 spiro atoms. The number of carbonyl (C=O) groups excluding carboxylic acids is 1. The summed E-state index contributed by atoms with van der Waals surface area (Å²) >= 11 is 0. The number of nitrogens with one attached hydrogen (secondary N) is 1. The van der Waals surface area contributed by atoms with Crippen LogP contribution in [-0.2, 0) is 16.0 Å². The Morgan fingerprint density at radius 3 is 2.38 bits per heavy atom. The van der Waals surface area contributed by atoms with Gasteiger partial charge < -0.3 is 15.2 Å². The standard InChI is InChI=1S/C17H21F2NO4/c1-3-24-13-6-4-11(5-7-13)8-12(14(21)22)9-20-15(23)16(2)10-17(16,18)19/h4-7,12H,3,8-10H2,1-2H3,(H,20,23)(H,21,22). The van der Waals surface area contributed by atoms with Crippen LogP contribution in [0.3, 0.4) is 0 Å². The third-order valence-electron chi connectivity index (χ3n) is 4.33. The molecule has 132 valence electrons. The molecule has 5 nitrogen and oxygen atoms in total. The van der Waals surface area contributed by atoms with Gasteiger partial charge in [0.1, 0.15) is 11.2 Å². The van der Waals surface area contributed by atoms with Gasteiger partial charge in [-0.1, -0.05) is 12.1 Å². The van der Waals surface area contributed by atoms with E-state index in [2.05, 4.69) is 5.32 Å². The van der Waals surface area contributed by atoms with E-state index in [1.54, 1.807) is 24.3 Å². The Hall–Kier alpha value is -2.18. The van der Waals surface area contributed by atoms with Crippen LogP contribution in [0.1, 0.15) is 25.8 Å². The van der Waals surface area contributed by atoms with Crippen molar-refractivity contribution in [3.63, 3.8) is 0 Å². The maximum absolute atomic E-state index is 13.2. The molecule has 24 heavy (non-hydrogen) atoms. The van der Waals surface area contributed by atoms with Crippen LogP contribution in [0.5, 0.6) is 5.75 Å². The number of alkyl halides is 2. The number of amides is 1. The average Bonchev–Trinajstić information content (AvgIpc) is 3.04. The lowest BCUT2D eigenvalue weighted by atomic mass is 9.98. The van der Waals surface area contributed by atoms with E-state index in [4.69, 9.17) is 4.74 Å². The van der Waals surface area contributed by atoms with Crippen molar-refractivity contribution >= 4 is 11.9 Å². The number of ether oxygens (including phenoxy) is 1.